The van der Waals surface area contributed by atoms with E-state index in [1.54, 1.807) is 11.0 Å². The fourth-order valence-corrected chi connectivity index (χ4v) is 4.06. The molecule has 3 atom stereocenters. The second-order valence-electron chi connectivity index (χ2n) is 7.22. The van der Waals surface area contributed by atoms with Crippen LogP contribution in [0.5, 0.6) is 0 Å². The first-order valence-corrected chi connectivity index (χ1v) is 8.55. The van der Waals surface area contributed by atoms with E-state index in [1.165, 1.54) is 0 Å². The first kappa shape index (κ1) is 15.2. The Balaban J connectivity index is 1.52. The molecule has 1 aliphatic carbocycles. The van der Waals surface area contributed by atoms with Gasteiger partial charge in [-0.15, -0.1) is 0 Å². The van der Waals surface area contributed by atoms with E-state index in [0.29, 0.717) is 17.8 Å². The molecule has 24 heavy (non-hydrogen) atoms. The summed E-state index contributed by atoms with van der Waals surface area (Å²) in [4.78, 5) is 18.9. The zero-order valence-corrected chi connectivity index (χ0v) is 14.4. The average Bonchev–Trinajstić information content (AvgIpc) is 3.24. The molecular formula is C18H23N5O. The molecule has 1 saturated carbocycles. The number of carbonyl (C=O) groups is 1. The van der Waals surface area contributed by atoms with Crippen LogP contribution in [0.3, 0.4) is 0 Å². The third-order valence-electron chi connectivity index (χ3n) is 5.49. The number of likely N-dealkylation sites (tertiary alicyclic amines) is 1. The largest absolute Gasteiger partial charge is 0.322 e. The molecule has 1 aromatic carbocycles. The number of aryl methyl sites for hydroxylation is 2. The maximum Gasteiger partial charge on any atom is 0.322 e. The number of piperidine rings is 1. The van der Waals surface area contributed by atoms with Gasteiger partial charge in [0, 0.05) is 30.9 Å². The molecule has 4 rings (SSSR count). The molecule has 2 bridgehead atoms. The second kappa shape index (κ2) is 5.61. The van der Waals surface area contributed by atoms with Crippen LogP contribution in [0.1, 0.15) is 25.3 Å². The highest BCUT2D eigenvalue weighted by Gasteiger charge is 2.44. The van der Waals surface area contributed by atoms with Crippen LogP contribution in [0.25, 0.3) is 11.4 Å². The number of nitrogens with zero attached hydrogens (tertiary/aromatic N) is 4. The molecule has 2 aliphatic rings. The molecular weight excluding hydrogens is 302 g/mol. The summed E-state index contributed by atoms with van der Waals surface area (Å²) in [6, 6.07) is 6.32. The van der Waals surface area contributed by atoms with Crippen LogP contribution < -0.4 is 5.32 Å². The standard InChI is InChI=1S/C18H23N5O/c1-11-4-5-14(8-16(11)17-19-10-22(3)21-17)20-18(24)23-9-13-7-15(23)6-12(13)2/h4-5,8,10,12-13,15H,6-7,9H2,1-3H3,(H,20,24)/t12-,13-,15?/m0/s1. The summed E-state index contributed by atoms with van der Waals surface area (Å²) in [5, 5.41) is 7.41. The molecule has 1 aromatic heterocycles. The van der Waals surface area contributed by atoms with E-state index < -0.39 is 0 Å². The summed E-state index contributed by atoms with van der Waals surface area (Å²) in [6.07, 6.45) is 3.98. The van der Waals surface area contributed by atoms with Gasteiger partial charge in [0.2, 0.25) is 0 Å². The minimum absolute atomic E-state index is 0.0122. The Labute approximate surface area is 141 Å². The zero-order chi connectivity index (χ0) is 16.8. The number of nitrogens with one attached hydrogen (secondary N) is 1. The van der Waals surface area contributed by atoms with Crippen molar-refractivity contribution in [2.45, 2.75) is 32.7 Å². The van der Waals surface area contributed by atoms with Crippen molar-refractivity contribution in [3.05, 3.63) is 30.1 Å². The highest BCUT2D eigenvalue weighted by molar-refractivity contribution is 5.90. The zero-order valence-electron chi connectivity index (χ0n) is 14.4. The van der Waals surface area contributed by atoms with Crippen molar-refractivity contribution in [1.82, 2.24) is 19.7 Å². The first-order chi connectivity index (χ1) is 11.5. The fourth-order valence-electron chi connectivity index (χ4n) is 4.06. The number of benzene rings is 1. The van der Waals surface area contributed by atoms with Crippen LogP contribution in [-0.4, -0.2) is 38.3 Å². The van der Waals surface area contributed by atoms with Crippen molar-refractivity contribution >= 4 is 11.7 Å². The van der Waals surface area contributed by atoms with Crippen molar-refractivity contribution < 1.29 is 4.79 Å². The van der Waals surface area contributed by atoms with Crippen LogP contribution in [0.4, 0.5) is 10.5 Å². The van der Waals surface area contributed by atoms with Crippen LogP contribution in [-0.2, 0) is 7.05 Å². The lowest BCUT2D eigenvalue weighted by atomic mass is 9.97. The van der Waals surface area contributed by atoms with Gasteiger partial charge in [-0.3, -0.25) is 4.68 Å². The number of rotatable bonds is 2. The Hall–Kier alpha value is -2.37. The molecule has 2 fully saturated rings. The van der Waals surface area contributed by atoms with Gasteiger partial charge in [0.1, 0.15) is 6.33 Å². The van der Waals surface area contributed by atoms with E-state index in [0.717, 1.165) is 42.1 Å². The summed E-state index contributed by atoms with van der Waals surface area (Å²) in [6.45, 7) is 5.21. The number of amides is 2. The Morgan fingerprint density at radius 3 is 2.79 bits per heavy atom. The first-order valence-electron chi connectivity index (χ1n) is 8.55. The summed E-state index contributed by atoms with van der Waals surface area (Å²) in [5.74, 6) is 2.10. The molecule has 0 radical (unpaired) electrons. The summed E-state index contributed by atoms with van der Waals surface area (Å²) in [5.41, 5.74) is 2.84. The van der Waals surface area contributed by atoms with Gasteiger partial charge in [-0.2, -0.15) is 5.10 Å². The number of anilines is 1. The van der Waals surface area contributed by atoms with Crippen molar-refractivity contribution in [3.63, 3.8) is 0 Å². The molecule has 1 unspecified atom stereocenters. The van der Waals surface area contributed by atoms with E-state index >= 15 is 0 Å². The predicted octanol–water partition coefficient (Wildman–Crippen LogP) is 3.05. The number of urea groups is 1. The van der Waals surface area contributed by atoms with Crippen LogP contribution in [0.2, 0.25) is 0 Å². The molecule has 2 amide bonds. The normalized spacial score (nSPS) is 25.3. The third kappa shape index (κ3) is 2.56. The molecule has 6 heteroatoms. The van der Waals surface area contributed by atoms with E-state index in [1.807, 2.05) is 37.1 Å². The van der Waals surface area contributed by atoms with Gasteiger partial charge in [0.15, 0.2) is 5.82 Å². The van der Waals surface area contributed by atoms with Crippen molar-refractivity contribution in [2.24, 2.45) is 18.9 Å². The lowest BCUT2D eigenvalue weighted by Gasteiger charge is -2.30. The van der Waals surface area contributed by atoms with Crippen LogP contribution in [0.15, 0.2) is 24.5 Å². The molecule has 2 aromatic rings. The van der Waals surface area contributed by atoms with Crippen molar-refractivity contribution in [1.29, 1.82) is 0 Å². The minimum Gasteiger partial charge on any atom is -0.321 e. The molecule has 126 valence electrons. The number of hydrogen-bond donors (Lipinski definition) is 1. The SMILES string of the molecule is Cc1ccc(NC(=O)N2C[C@@H]3CC2C[C@@H]3C)cc1-c1ncn(C)n1. The smallest absolute Gasteiger partial charge is 0.321 e. The highest BCUT2D eigenvalue weighted by Crippen LogP contribution is 2.41. The van der Waals surface area contributed by atoms with Crippen molar-refractivity contribution in [3.8, 4) is 11.4 Å². The number of aromatic nitrogens is 3. The predicted molar refractivity (Wildman–Crippen MR) is 92.6 cm³/mol. The van der Waals surface area contributed by atoms with Crippen molar-refractivity contribution in [2.75, 3.05) is 11.9 Å². The number of fused-ring (bicyclic) bond motifs is 2. The van der Waals surface area contributed by atoms with Gasteiger partial charge < -0.3 is 10.2 Å². The second-order valence-corrected chi connectivity index (χ2v) is 7.22. The summed E-state index contributed by atoms with van der Waals surface area (Å²) < 4.78 is 1.68. The molecule has 2 heterocycles. The summed E-state index contributed by atoms with van der Waals surface area (Å²) in [7, 11) is 1.85. The lowest BCUT2D eigenvalue weighted by Crippen LogP contribution is -2.42. The topological polar surface area (TPSA) is 63.1 Å². The third-order valence-corrected chi connectivity index (χ3v) is 5.49. The van der Waals surface area contributed by atoms with Gasteiger partial charge in [-0.25, -0.2) is 9.78 Å². The van der Waals surface area contributed by atoms with E-state index in [4.69, 9.17) is 0 Å². The minimum atomic E-state index is 0.0122. The van der Waals surface area contributed by atoms with E-state index in [9.17, 15) is 4.79 Å². The van der Waals surface area contributed by atoms with E-state index in [-0.39, 0.29) is 6.03 Å². The monoisotopic (exact) mass is 325 g/mol. The Morgan fingerprint density at radius 1 is 1.33 bits per heavy atom. The molecule has 6 nitrogen and oxygen atoms in total. The van der Waals surface area contributed by atoms with Crippen LogP contribution in [0, 0.1) is 18.8 Å². The van der Waals surface area contributed by atoms with Gasteiger partial charge in [-0.05, 0) is 49.3 Å². The molecule has 0 spiro atoms. The quantitative estimate of drug-likeness (QED) is 0.923. The molecule has 1 aliphatic heterocycles. The van der Waals surface area contributed by atoms with Gasteiger partial charge in [0.25, 0.3) is 0 Å². The molecule has 1 saturated heterocycles. The highest BCUT2D eigenvalue weighted by atomic mass is 16.2. The van der Waals surface area contributed by atoms with Gasteiger partial charge in [0.05, 0.1) is 0 Å². The lowest BCUT2D eigenvalue weighted by molar-refractivity contribution is 0.181. The van der Waals surface area contributed by atoms with Crippen LogP contribution >= 0.6 is 0 Å². The number of hydrogen-bond acceptors (Lipinski definition) is 3. The maximum absolute atomic E-state index is 12.6. The Kier molecular flexibility index (Phi) is 3.55. The Morgan fingerprint density at radius 2 is 2.17 bits per heavy atom. The fraction of sp³-hybridized carbons (Fsp3) is 0.500. The van der Waals surface area contributed by atoms with Gasteiger partial charge in [-0.1, -0.05) is 13.0 Å². The maximum atomic E-state index is 12.6. The molecule has 1 N–H and O–H groups in total. The van der Waals surface area contributed by atoms with E-state index in [2.05, 4.69) is 22.3 Å². The Bertz CT molecular complexity index is 781. The van der Waals surface area contributed by atoms with Gasteiger partial charge >= 0.3 is 6.03 Å². The average molecular weight is 325 g/mol. The number of carbonyl (C=O) groups excluding carboxylic acids is 1. The summed E-state index contributed by atoms with van der Waals surface area (Å²) >= 11 is 0.